The van der Waals surface area contributed by atoms with Gasteiger partial charge in [0.1, 0.15) is 29.5 Å². The SMILES string of the molecule is COc1cccc(OCc2c(CN)nnn2C(C)C)c1. The maximum atomic E-state index is 5.79. The molecule has 2 aromatic rings. The first-order valence-electron chi connectivity index (χ1n) is 6.55. The lowest BCUT2D eigenvalue weighted by atomic mass is 10.3. The molecule has 6 nitrogen and oxygen atoms in total. The van der Waals surface area contributed by atoms with Gasteiger partial charge in [-0.3, -0.25) is 0 Å². The maximum Gasteiger partial charge on any atom is 0.132 e. The van der Waals surface area contributed by atoms with Crippen LogP contribution >= 0.6 is 0 Å². The van der Waals surface area contributed by atoms with Crippen LogP contribution in [0.15, 0.2) is 24.3 Å². The summed E-state index contributed by atoms with van der Waals surface area (Å²) in [6.07, 6.45) is 0. The number of rotatable bonds is 6. The van der Waals surface area contributed by atoms with Crippen LogP contribution < -0.4 is 15.2 Å². The van der Waals surface area contributed by atoms with Gasteiger partial charge in [0, 0.05) is 18.7 Å². The summed E-state index contributed by atoms with van der Waals surface area (Å²) in [5, 5.41) is 8.20. The monoisotopic (exact) mass is 276 g/mol. The van der Waals surface area contributed by atoms with Crippen molar-refractivity contribution in [2.45, 2.75) is 33.0 Å². The van der Waals surface area contributed by atoms with Crippen molar-refractivity contribution in [3.8, 4) is 11.5 Å². The van der Waals surface area contributed by atoms with Gasteiger partial charge in [0.2, 0.25) is 0 Å². The van der Waals surface area contributed by atoms with Crippen LogP contribution in [0.3, 0.4) is 0 Å². The van der Waals surface area contributed by atoms with E-state index >= 15 is 0 Å². The Balaban J connectivity index is 2.15. The number of hydrogen-bond donors (Lipinski definition) is 1. The van der Waals surface area contributed by atoms with Crippen molar-refractivity contribution in [1.82, 2.24) is 15.0 Å². The second-order valence-electron chi connectivity index (χ2n) is 4.69. The standard InChI is InChI=1S/C14H20N4O2/c1-10(2)18-14(13(8-15)16-17-18)9-20-12-6-4-5-11(7-12)19-3/h4-7,10H,8-9,15H2,1-3H3. The molecule has 0 aliphatic rings. The lowest BCUT2D eigenvalue weighted by Crippen LogP contribution is -2.12. The summed E-state index contributed by atoms with van der Waals surface area (Å²) in [7, 11) is 1.63. The van der Waals surface area contributed by atoms with E-state index in [0.717, 1.165) is 22.9 Å². The van der Waals surface area contributed by atoms with Crippen molar-refractivity contribution in [1.29, 1.82) is 0 Å². The smallest absolute Gasteiger partial charge is 0.132 e. The molecule has 0 fully saturated rings. The molecule has 1 aromatic carbocycles. The average molecular weight is 276 g/mol. The van der Waals surface area contributed by atoms with E-state index in [1.807, 2.05) is 42.8 Å². The maximum absolute atomic E-state index is 5.79. The number of aromatic nitrogens is 3. The summed E-state index contributed by atoms with van der Waals surface area (Å²) in [4.78, 5) is 0. The normalized spacial score (nSPS) is 10.8. The molecule has 0 aliphatic carbocycles. The molecular formula is C14H20N4O2. The van der Waals surface area contributed by atoms with Crippen molar-refractivity contribution in [3.63, 3.8) is 0 Å². The molecule has 2 N–H and O–H groups in total. The van der Waals surface area contributed by atoms with E-state index in [4.69, 9.17) is 15.2 Å². The molecule has 0 aliphatic heterocycles. The molecule has 0 amide bonds. The fourth-order valence-corrected chi connectivity index (χ4v) is 1.91. The number of ether oxygens (including phenoxy) is 2. The highest BCUT2D eigenvalue weighted by Gasteiger charge is 2.14. The summed E-state index contributed by atoms with van der Waals surface area (Å²) in [5.41, 5.74) is 7.36. The first kappa shape index (κ1) is 14.3. The van der Waals surface area contributed by atoms with Gasteiger partial charge in [-0.15, -0.1) is 5.10 Å². The van der Waals surface area contributed by atoms with Crippen LogP contribution in [0.25, 0.3) is 0 Å². The minimum atomic E-state index is 0.215. The molecule has 2 rings (SSSR count). The summed E-state index contributed by atoms with van der Waals surface area (Å²) in [6, 6.07) is 7.69. The van der Waals surface area contributed by atoms with Crippen LogP contribution in [0.2, 0.25) is 0 Å². The van der Waals surface area contributed by atoms with E-state index in [-0.39, 0.29) is 6.04 Å². The van der Waals surface area contributed by atoms with Crippen LogP contribution in [0.1, 0.15) is 31.3 Å². The van der Waals surface area contributed by atoms with Crippen LogP contribution in [0, 0.1) is 0 Å². The number of benzene rings is 1. The molecule has 0 bridgehead atoms. The van der Waals surface area contributed by atoms with Gasteiger partial charge in [-0.1, -0.05) is 11.3 Å². The Bertz CT molecular complexity index is 566. The quantitative estimate of drug-likeness (QED) is 0.872. The molecule has 6 heteroatoms. The molecule has 20 heavy (non-hydrogen) atoms. The van der Waals surface area contributed by atoms with Gasteiger partial charge < -0.3 is 15.2 Å². The van der Waals surface area contributed by atoms with E-state index in [2.05, 4.69) is 10.3 Å². The first-order chi connectivity index (χ1) is 9.65. The largest absolute Gasteiger partial charge is 0.497 e. The molecule has 0 atom stereocenters. The third-order valence-corrected chi connectivity index (χ3v) is 2.97. The number of nitrogens with two attached hydrogens (primary N) is 1. The Morgan fingerprint density at radius 3 is 2.70 bits per heavy atom. The molecule has 1 aromatic heterocycles. The van der Waals surface area contributed by atoms with E-state index in [0.29, 0.717) is 13.2 Å². The minimum absolute atomic E-state index is 0.215. The van der Waals surface area contributed by atoms with Gasteiger partial charge in [0.05, 0.1) is 7.11 Å². The van der Waals surface area contributed by atoms with Crippen molar-refractivity contribution in [2.24, 2.45) is 5.73 Å². The Labute approximate surface area is 118 Å². The zero-order chi connectivity index (χ0) is 14.5. The van der Waals surface area contributed by atoms with Crippen molar-refractivity contribution in [2.75, 3.05) is 7.11 Å². The first-order valence-corrected chi connectivity index (χ1v) is 6.55. The van der Waals surface area contributed by atoms with Gasteiger partial charge in [-0.2, -0.15) is 0 Å². The molecule has 0 spiro atoms. The van der Waals surface area contributed by atoms with Crippen LogP contribution in [-0.2, 0) is 13.2 Å². The summed E-state index contributed by atoms with van der Waals surface area (Å²) in [5.74, 6) is 1.50. The number of methoxy groups -OCH3 is 1. The van der Waals surface area contributed by atoms with Gasteiger partial charge in [-0.05, 0) is 26.0 Å². The third kappa shape index (κ3) is 3.08. The van der Waals surface area contributed by atoms with Gasteiger partial charge in [-0.25, -0.2) is 4.68 Å². The van der Waals surface area contributed by atoms with Crippen LogP contribution in [0.5, 0.6) is 11.5 Å². The van der Waals surface area contributed by atoms with E-state index in [1.165, 1.54) is 0 Å². The molecule has 108 valence electrons. The molecular weight excluding hydrogens is 256 g/mol. The van der Waals surface area contributed by atoms with Crippen molar-refractivity contribution in [3.05, 3.63) is 35.7 Å². The van der Waals surface area contributed by atoms with E-state index < -0.39 is 0 Å². The molecule has 1 heterocycles. The molecule has 0 saturated heterocycles. The van der Waals surface area contributed by atoms with Crippen LogP contribution in [-0.4, -0.2) is 22.1 Å². The second kappa shape index (κ2) is 6.38. The lowest BCUT2D eigenvalue weighted by molar-refractivity contribution is 0.284. The molecule has 0 radical (unpaired) electrons. The highest BCUT2D eigenvalue weighted by atomic mass is 16.5. The highest BCUT2D eigenvalue weighted by molar-refractivity contribution is 5.33. The predicted octanol–water partition coefficient (Wildman–Crippen LogP) is 1.91. The predicted molar refractivity (Wildman–Crippen MR) is 75.6 cm³/mol. The average Bonchev–Trinajstić information content (AvgIpc) is 2.88. The summed E-state index contributed by atoms with van der Waals surface area (Å²) < 4.78 is 12.8. The lowest BCUT2D eigenvalue weighted by Gasteiger charge is -2.12. The van der Waals surface area contributed by atoms with E-state index in [1.54, 1.807) is 7.11 Å². The van der Waals surface area contributed by atoms with Gasteiger partial charge in [0.15, 0.2) is 0 Å². The summed E-state index contributed by atoms with van der Waals surface area (Å²) >= 11 is 0. The minimum Gasteiger partial charge on any atom is -0.497 e. The Morgan fingerprint density at radius 2 is 2.05 bits per heavy atom. The van der Waals surface area contributed by atoms with Crippen molar-refractivity contribution >= 4 is 0 Å². The second-order valence-corrected chi connectivity index (χ2v) is 4.69. The number of hydrogen-bond acceptors (Lipinski definition) is 5. The van der Waals surface area contributed by atoms with Gasteiger partial charge in [0.25, 0.3) is 0 Å². The highest BCUT2D eigenvalue weighted by Crippen LogP contribution is 2.21. The molecule has 0 unspecified atom stereocenters. The Morgan fingerprint density at radius 1 is 1.30 bits per heavy atom. The van der Waals surface area contributed by atoms with Crippen molar-refractivity contribution < 1.29 is 9.47 Å². The zero-order valence-electron chi connectivity index (χ0n) is 12.0. The summed E-state index contributed by atoms with van der Waals surface area (Å²) in [6.45, 7) is 4.82. The fraction of sp³-hybridized carbons (Fsp3) is 0.429. The van der Waals surface area contributed by atoms with E-state index in [9.17, 15) is 0 Å². The zero-order valence-corrected chi connectivity index (χ0v) is 12.0. The van der Waals surface area contributed by atoms with Gasteiger partial charge >= 0.3 is 0 Å². The number of nitrogens with zero attached hydrogens (tertiary/aromatic N) is 3. The molecule has 0 saturated carbocycles. The topological polar surface area (TPSA) is 75.2 Å². The third-order valence-electron chi connectivity index (χ3n) is 2.97. The van der Waals surface area contributed by atoms with Crippen LogP contribution in [0.4, 0.5) is 0 Å². The fourth-order valence-electron chi connectivity index (χ4n) is 1.91. The Hall–Kier alpha value is -2.08. The Kier molecular flexibility index (Phi) is 4.57.